The highest BCUT2D eigenvalue weighted by atomic mass is 35.5. The lowest BCUT2D eigenvalue weighted by molar-refractivity contribution is -0.891. The number of amides is 1. The molecule has 2 fully saturated rings. The zero-order valence-electron chi connectivity index (χ0n) is 13.0. The molecule has 2 saturated heterocycles. The molecular weight excluding hydrogens is 357 g/mol. The van der Waals surface area contributed by atoms with E-state index in [-0.39, 0.29) is 23.7 Å². The first-order valence-electron chi connectivity index (χ1n) is 7.56. The van der Waals surface area contributed by atoms with Crippen molar-refractivity contribution in [2.24, 2.45) is 5.73 Å². The number of nitrogens with two attached hydrogens (primary N) is 1. The summed E-state index contributed by atoms with van der Waals surface area (Å²) in [4.78, 5) is 25.1. The lowest BCUT2D eigenvalue weighted by Crippen LogP contribution is -2.68. The van der Waals surface area contributed by atoms with Gasteiger partial charge in [0.2, 0.25) is 5.91 Å². The molecule has 128 valence electrons. The van der Waals surface area contributed by atoms with E-state index in [0.29, 0.717) is 11.4 Å². The number of β-lactam (4-membered cyclic amide) rings is 1. The van der Waals surface area contributed by atoms with Gasteiger partial charge < -0.3 is 10.2 Å². The third-order valence-corrected chi connectivity index (χ3v) is 6.24. The van der Waals surface area contributed by atoms with Crippen LogP contribution in [0.5, 0.6) is 0 Å². The third-order valence-electron chi connectivity index (χ3n) is 4.74. The zero-order chi connectivity index (χ0) is 15.9. The molecule has 3 heterocycles. The Balaban J connectivity index is 0.00000192. The average molecular weight is 379 g/mol. The number of likely N-dealkylation sites (tertiary alicyclic amines) is 1. The molecule has 0 radical (unpaired) electrons. The summed E-state index contributed by atoms with van der Waals surface area (Å²) in [5.41, 5.74) is 6.92. The second-order valence-electron chi connectivity index (χ2n) is 6.44. The Morgan fingerprint density at radius 3 is 2.74 bits per heavy atom. The van der Waals surface area contributed by atoms with Gasteiger partial charge in [0.1, 0.15) is 17.1 Å². The smallest absolute Gasteiger partial charge is 0.269 e. The maximum atomic E-state index is 11.9. The largest absolute Gasteiger partial charge is 0.323 e. The van der Waals surface area contributed by atoms with Crippen LogP contribution in [-0.2, 0) is 9.59 Å². The number of nitrogens with zero attached hydrogens (tertiary/aromatic N) is 2. The van der Waals surface area contributed by atoms with Crippen LogP contribution in [0.25, 0.3) is 0 Å². The van der Waals surface area contributed by atoms with Crippen LogP contribution < -0.4 is 5.73 Å². The fraction of sp³-hybridized carbons (Fsp3) is 0.600. The van der Waals surface area contributed by atoms with Crippen LogP contribution in [0.3, 0.4) is 0 Å². The number of fused-ring (bicyclic) bond motifs is 1. The topological polar surface area (TPSA) is 63.4 Å². The average Bonchev–Trinajstić information content (AvgIpc) is 2.92. The highest BCUT2D eigenvalue weighted by molar-refractivity contribution is 8.00. The van der Waals surface area contributed by atoms with Crippen LogP contribution in [0, 0.1) is 0 Å². The maximum Gasteiger partial charge on any atom is 0.269 e. The van der Waals surface area contributed by atoms with Crippen molar-refractivity contribution in [2.75, 3.05) is 32.4 Å². The molecular formula is C15H22Cl2N3O2S+. The predicted octanol–water partition coefficient (Wildman–Crippen LogP) is 1.47. The summed E-state index contributed by atoms with van der Waals surface area (Å²) in [7, 11) is 2.25. The number of hydrogen-bond acceptors (Lipinski definition) is 4. The molecule has 3 aliphatic heterocycles. The van der Waals surface area contributed by atoms with Gasteiger partial charge in [0, 0.05) is 18.6 Å². The Morgan fingerprint density at radius 2 is 2.13 bits per heavy atom. The maximum absolute atomic E-state index is 11.9. The van der Waals surface area contributed by atoms with E-state index in [9.17, 15) is 9.59 Å². The number of quaternary nitrogens is 1. The van der Waals surface area contributed by atoms with Crippen molar-refractivity contribution in [2.45, 2.75) is 24.3 Å². The number of likely N-dealkylation sites (N-methyl/N-ethyl adjacent to an activating group) is 1. The summed E-state index contributed by atoms with van der Waals surface area (Å²) in [5, 5.41) is -0.725. The van der Waals surface area contributed by atoms with Gasteiger partial charge in [0.05, 0.1) is 26.7 Å². The van der Waals surface area contributed by atoms with E-state index in [4.69, 9.17) is 17.3 Å². The molecule has 0 spiro atoms. The van der Waals surface area contributed by atoms with E-state index in [0.717, 1.165) is 16.6 Å². The summed E-state index contributed by atoms with van der Waals surface area (Å²) in [6, 6.07) is -0.518. The second-order valence-corrected chi connectivity index (χ2v) is 7.89. The summed E-state index contributed by atoms with van der Waals surface area (Å²) in [6.45, 7) is 3.33. The molecule has 3 aliphatic rings. The van der Waals surface area contributed by atoms with Gasteiger partial charge in [-0.1, -0.05) is 6.08 Å². The molecule has 2 atom stereocenters. The van der Waals surface area contributed by atoms with E-state index in [1.54, 1.807) is 11.8 Å². The van der Waals surface area contributed by atoms with Gasteiger partial charge in [-0.2, -0.15) is 0 Å². The van der Waals surface area contributed by atoms with Gasteiger partial charge in [-0.15, -0.1) is 24.2 Å². The lowest BCUT2D eigenvalue weighted by Gasteiger charge is -2.48. The number of rotatable bonds is 4. The number of carbonyl (C=O) groups is 2. The summed E-state index contributed by atoms with van der Waals surface area (Å²) in [6.07, 6.45) is 6.61. The van der Waals surface area contributed by atoms with Crippen molar-refractivity contribution < 1.29 is 14.1 Å². The standard InChI is InChI=1S/C15H21ClN3O2S.ClH/c1-19(6-2-3-7-19)8-4-5-10-9-22-15-11(17)14(21)18(15)12(10)13(16)20;/h4-5,11,15H,2-3,6-9,17H2,1H3;1H/q+1;/b5-4+;/t11-,15-;/m1./s1. The van der Waals surface area contributed by atoms with Crippen molar-refractivity contribution in [3.63, 3.8) is 0 Å². The van der Waals surface area contributed by atoms with Crippen LogP contribution in [0.2, 0.25) is 0 Å². The molecule has 2 N–H and O–H groups in total. The molecule has 0 aromatic rings. The molecule has 0 aromatic carbocycles. The summed E-state index contributed by atoms with van der Waals surface area (Å²) in [5.74, 6) is 0.446. The fourth-order valence-corrected chi connectivity index (χ4v) is 4.86. The molecule has 0 aliphatic carbocycles. The van der Waals surface area contributed by atoms with E-state index < -0.39 is 11.3 Å². The van der Waals surface area contributed by atoms with Gasteiger partial charge in [0.15, 0.2) is 0 Å². The lowest BCUT2D eigenvalue weighted by atomic mass is 10.0. The fourth-order valence-electron chi connectivity index (χ4n) is 3.38. The van der Waals surface area contributed by atoms with Crippen LogP contribution in [0.4, 0.5) is 0 Å². The highest BCUT2D eigenvalue weighted by Gasteiger charge is 2.51. The number of thioether (sulfide) groups is 1. The second kappa shape index (κ2) is 7.15. The minimum atomic E-state index is -0.577. The Kier molecular flexibility index (Phi) is 5.85. The minimum Gasteiger partial charge on any atom is -0.323 e. The number of hydrogen-bond donors (Lipinski definition) is 1. The van der Waals surface area contributed by atoms with Crippen LogP contribution >= 0.6 is 35.8 Å². The van der Waals surface area contributed by atoms with E-state index in [2.05, 4.69) is 13.1 Å². The van der Waals surface area contributed by atoms with E-state index in [1.807, 2.05) is 6.08 Å². The highest BCUT2D eigenvalue weighted by Crippen LogP contribution is 2.40. The molecule has 0 aromatic heterocycles. The Hall–Kier alpha value is -0.530. The van der Waals surface area contributed by atoms with Crippen molar-refractivity contribution in [1.82, 2.24) is 4.90 Å². The van der Waals surface area contributed by atoms with E-state index in [1.165, 1.54) is 30.8 Å². The van der Waals surface area contributed by atoms with Crippen molar-refractivity contribution in [3.05, 3.63) is 23.4 Å². The predicted molar refractivity (Wildman–Crippen MR) is 95.4 cm³/mol. The zero-order valence-corrected chi connectivity index (χ0v) is 15.4. The third kappa shape index (κ3) is 3.46. The van der Waals surface area contributed by atoms with Gasteiger partial charge in [-0.25, -0.2) is 0 Å². The molecule has 1 amide bonds. The van der Waals surface area contributed by atoms with Gasteiger partial charge >= 0.3 is 0 Å². The molecule has 8 heteroatoms. The van der Waals surface area contributed by atoms with Gasteiger partial charge in [-0.3, -0.25) is 14.5 Å². The molecule has 0 saturated carbocycles. The van der Waals surface area contributed by atoms with Crippen LogP contribution in [0.1, 0.15) is 12.8 Å². The van der Waals surface area contributed by atoms with Crippen molar-refractivity contribution >= 4 is 46.9 Å². The van der Waals surface area contributed by atoms with Gasteiger partial charge in [0.25, 0.3) is 5.24 Å². The molecule has 23 heavy (non-hydrogen) atoms. The van der Waals surface area contributed by atoms with E-state index >= 15 is 0 Å². The number of carbonyl (C=O) groups excluding carboxylic acids is 2. The minimum absolute atomic E-state index is 0. The Bertz CT molecular complexity index is 573. The quantitative estimate of drug-likeness (QED) is 0.457. The Labute approximate surface area is 151 Å². The van der Waals surface area contributed by atoms with Crippen LogP contribution in [-0.4, -0.2) is 64.4 Å². The Morgan fingerprint density at radius 1 is 1.48 bits per heavy atom. The van der Waals surface area contributed by atoms with Crippen LogP contribution in [0.15, 0.2) is 23.4 Å². The monoisotopic (exact) mass is 378 g/mol. The molecule has 0 bridgehead atoms. The summed E-state index contributed by atoms with van der Waals surface area (Å²) >= 11 is 7.30. The first-order valence-corrected chi connectivity index (χ1v) is 8.99. The first-order chi connectivity index (χ1) is 10.4. The first kappa shape index (κ1) is 18.8. The number of halogens is 2. The van der Waals surface area contributed by atoms with Crippen molar-refractivity contribution in [1.29, 1.82) is 0 Å². The molecule has 5 nitrogen and oxygen atoms in total. The summed E-state index contributed by atoms with van der Waals surface area (Å²) < 4.78 is 1.04. The normalized spacial score (nSPS) is 29.3. The number of allylic oxidation sites excluding steroid dienone is 2. The van der Waals surface area contributed by atoms with Gasteiger partial charge in [-0.05, 0) is 23.3 Å². The SMILES string of the molecule is C[N+]1(C/C=C/C2=C(C(=O)Cl)N3C(=O)[C@@H](N)[C@H]3SC2)CCCC1.Cl. The molecule has 3 rings (SSSR count). The van der Waals surface area contributed by atoms with Crippen molar-refractivity contribution in [3.8, 4) is 0 Å². The molecule has 0 unspecified atom stereocenters.